The van der Waals surface area contributed by atoms with E-state index in [1.165, 1.54) is 13.0 Å². The quantitative estimate of drug-likeness (QED) is 0.502. The third kappa shape index (κ3) is 4.96. The van der Waals surface area contributed by atoms with Gasteiger partial charge in [-0.2, -0.15) is 0 Å². The van der Waals surface area contributed by atoms with E-state index in [0.717, 1.165) is 5.56 Å². The Balaban J connectivity index is 1.73. The van der Waals surface area contributed by atoms with Crippen molar-refractivity contribution in [1.82, 2.24) is 0 Å². The van der Waals surface area contributed by atoms with Crippen LogP contribution in [0.25, 0.3) is 0 Å². The molecule has 0 radical (unpaired) electrons. The van der Waals surface area contributed by atoms with Gasteiger partial charge in [0.2, 0.25) is 0 Å². The summed E-state index contributed by atoms with van der Waals surface area (Å²) in [5.74, 6) is -1.46. The van der Waals surface area contributed by atoms with Gasteiger partial charge in [-0.15, -0.1) is 0 Å². The van der Waals surface area contributed by atoms with E-state index in [1.54, 1.807) is 54.6 Å². The van der Waals surface area contributed by atoms with E-state index < -0.39 is 18.0 Å². The molecule has 3 rings (SSSR count). The highest BCUT2D eigenvalue weighted by Crippen LogP contribution is 2.17. The molecule has 29 heavy (non-hydrogen) atoms. The molecule has 5 nitrogen and oxygen atoms in total. The second kappa shape index (κ2) is 8.97. The second-order valence-electron chi connectivity index (χ2n) is 6.64. The Morgan fingerprint density at radius 3 is 2.03 bits per heavy atom. The van der Waals surface area contributed by atoms with Crippen LogP contribution in [-0.4, -0.2) is 23.8 Å². The number of amides is 1. The number of nitrogens with one attached hydrogen (secondary N) is 1. The topological polar surface area (TPSA) is 72.5 Å². The Morgan fingerprint density at radius 2 is 1.38 bits per heavy atom. The SMILES string of the molecule is Cc1ccc(NC(=O)[C@H](C)OC(=O)c2ccccc2C(=O)c2ccccc2)cc1. The monoisotopic (exact) mass is 387 g/mol. The first-order valence-corrected chi connectivity index (χ1v) is 9.23. The molecule has 0 unspecified atom stereocenters. The number of aryl methyl sites for hydroxylation is 1. The first-order chi connectivity index (χ1) is 14.0. The first-order valence-electron chi connectivity index (χ1n) is 9.23. The number of hydrogen-bond acceptors (Lipinski definition) is 4. The first kappa shape index (κ1) is 20.0. The Hall–Kier alpha value is -3.73. The molecule has 0 saturated carbocycles. The number of benzene rings is 3. The predicted molar refractivity (Wildman–Crippen MR) is 111 cm³/mol. The Morgan fingerprint density at radius 1 is 0.793 bits per heavy atom. The number of carbonyl (C=O) groups excluding carboxylic acids is 3. The number of rotatable bonds is 6. The van der Waals surface area contributed by atoms with Gasteiger partial charge < -0.3 is 10.1 Å². The zero-order valence-electron chi connectivity index (χ0n) is 16.2. The summed E-state index contributed by atoms with van der Waals surface area (Å²) in [6, 6.07) is 22.4. The number of ether oxygens (including phenoxy) is 1. The van der Waals surface area contributed by atoms with Crippen LogP contribution in [0.5, 0.6) is 0 Å². The van der Waals surface area contributed by atoms with Crippen LogP contribution in [0.4, 0.5) is 5.69 Å². The summed E-state index contributed by atoms with van der Waals surface area (Å²) in [5.41, 5.74) is 2.51. The van der Waals surface area contributed by atoms with Gasteiger partial charge in [0, 0.05) is 16.8 Å². The molecular formula is C24H21NO4. The standard InChI is InChI=1S/C24H21NO4/c1-16-12-14-19(15-13-16)25-23(27)17(2)29-24(28)21-11-7-6-10-20(21)22(26)18-8-4-3-5-9-18/h3-15,17H,1-2H3,(H,25,27)/t17-/m0/s1. The van der Waals surface area contributed by atoms with Crippen LogP contribution in [0.2, 0.25) is 0 Å². The molecule has 0 aliphatic rings. The number of esters is 1. The smallest absolute Gasteiger partial charge is 0.339 e. The lowest BCUT2D eigenvalue weighted by Crippen LogP contribution is -2.30. The largest absolute Gasteiger partial charge is 0.449 e. The lowest BCUT2D eigenvalue weighted by atomic mass is 9.98. The van der Waals surface area contributed by atoms with Crippen molar-refractivity contribution in [2.24, 2.45) is 0 Å². The molecule has 3 aromatic carbocycles. The van der Waals surface area contributed by atoms with Crippen molar-refractivity contribution in [2.45, 2.75) is 20.0 Å². The van der Waals surface area contributed by atoms with Crippen LogP contribution in [0, 0.1) is 6.92 Å². The van der Waals surface area contributed by atoms with E-state index in [4.69, 9.17) is 4.74 Å². The van der Waals surface area contributed by atoms with E-state index in [9.17, 15) is 14.4 Å². The van der Waals surface area contributed by atoms with Gasteiger partial charge in [0.15, 0.2) is 11.9 Å². The van der Waals surface area contributed by atoms with Gasteiger partial charge in [0.1, 0.15) is 0 Å². The van der Waals surface area contributed by atoms with Gasteiger partial charge >= 0.3 is 5.97 Å². The van der Waals surface area contributed by atoms with Crippen LogP contribution >= 0.6 is 0 Å². The van der Waals surface area contributed by atoms with Crippen molar-refractivity contribution in [3.8, 4) is 0 Å². The molecule has 1 atom stereocenters. The molecule has 1 N–H and O–H groups in total. The van der Waals surface area contributed by atoms with Gasteiger partial charge in [0.05, 0.1) is 5.56 Å². The van der Waals surface area contributed by atoms with Crippen LogP contribution < -0.4 is 5.32 Å². The molecule has 146 valence electrons. The molecular weight excluding hydrogens is 366 g/mol. The van der Waals surface area contributed by atoms with Crippen molar-refractivity contribution in [2.75, 3.05) is 5.32 Å². The minimum atomic E-state index is -1.02. The molecule has 5 heteroatoms. The third-order valence-corrected chi connectivity index (χ3v) is 4.40. The molecule has 0 heterocycles. The maximum atomic E-state index is 12.8. The summed E-state index contributed by atoms with van der Waals surface area (Å²) in [5, 5.41) is 2.71. The molecule has 0 aromatic heterocycles. The van der Waals surface area contributed by atoms with E-state index >= 15 is 0 Å². The fourth-order valence-corrected chi connectivity index (χ4v) is 2.76. The van der Waals surface area contributed by atoms with Crippen LogP contribution in [0.3, 0.4) is 0 Å². The van der Waals surface area contributed by atoms with Gasteiger partial charge in [-0.05, 0) is 32.0 Å². The molecule has 1 amide bonds. The molecule has 0 spiro atoms. The molecule has 0 fully saturated rings. The van der Waals surface area contributed by atoms with Crippen molar-refractivity contribution in [3.05, 3.63) is 101 Å². The minimum Gasteiger partial charge on any atom is -0.449 e. The Bertz CT molecular complexity index is 1030. The van der Waals surface area contributed by atoms with E-state index in [-0.39, 0.29) is 16.9 Å². The summed E-state index contributed by atoms with van der Waals surface area (Å²) < 4.78 is 5.32. The van der Waals surface area contributed by atoms with Gasteiger partial charge in [-0.1, -0.05) is 66.2 Å². The lowest BCUT2D eigenvalue weighted by Gasteiger charge is -2.15. The summed E-state index contributed by atoms with van der Waals surface area (Å²) in [6.07, 6.45) is -1.02. The average Bonchev–Trinajstić information content (AvgIpc) is 2.75. The van der Waals surface area contributed by atoms with Crippen LogP contribution in [0.1, 0.15) is 38.8 Å². The fraction of sp³-hybridized carbons (Fsp3) is 0.125. The Kier molecular flexibility index (Phi) is 6.19. The highest BCUT2D eigenvalue weighted by atomic mass is 16.5. The second-order valence-corrected chi connectivity index (χ2v) is 6.64. The van der Waals surface area contributed by atoms with Crippen molar-refractivity contribution >= 4 is 23.3 Å². The van der Waals surface area contributed by atoms with Crippen LogP contribution in [-0.2, 0) is 9.53 Å². The normalized spacial score (nSPS) is 11.4. The van der Waals surface area contributed by atoms with Crippen molar-refractivity contribution < 1.29 is 19.1 Å². The van der Waals surface area contributed by atoms with Crippen molar-refractivity contribution in [1.29, 1.82) is 0 Å². The van der Waals surface area contributed by atoms with Crippen molar-refractivity contribution in [3.63, 3.8) is 0 Å². The molecule has 0 aliphatic carbocycles. The number of anilines is 1. The van der Waals surface area contributed by atoms with E-state index in [2.05, 4.69) is 5.32 Å². The zero-order chi connectivity index (χ0) is 20.8. The average molecular weight is 387 g/mol. The summed E-state index contributed by atoms with van der Waals surface area (Å²) >= 11 is 0. The summed E-state index contributed by atoms with van der Waals surface area (Å²) in [6.45, 7) is 3.44. The number of carbonyl (C=O) groups is 3. The zero-order valence-corrected chi connectivity index (χ0v) is 16.2. The molecule has 3 aromatic rings. The summed E-state index contributed by atoms with van der Waals surface area (Å²) in [7, 11) is 0. The Labute approximate surface area is 169 Å². The third-order valence-electron chi connectivity index (χ3n) is 4.40. The predicted octanol–water partition coefficient (Wildman–Crippen LogP) is 4.41. The van der Waals surface area contributed by atoms with Gasteiger partial charge in [0.25, 0.3) is 5.91 Å². The van der Waals surface area contributed by atoms with Gasteiger partial charge in [-0.25, -0.2) is 4.79 Å². The van der Waals surface area contributed by atoms with Gasteiger partial charge in [-0.3, -0.25) is 9.59 Å². The molecule has 0 bridgehead atoms. The van der Waals surface area contributed by atoms with E-state index in [0.29, 0.717) is 11.3 Å². The summed E-state index contributed by atoms with van der Waals surface area (Å²) in [4.78, 5) is 37.8. The maximum absolute atomic E-state index is 12.8. The number of hydrogen-bond donors (Lipinski definition) is 1. The fourth-order valence-electron chi connectivity index (χ4n) is 2.76. The highest BCUT2D eigenvalue weighted by molar-refractivity contribution is 6.14. The minimum absolute atomic E-state index is 0.122. The molecule has 0 aliphatic heterocycles. The van der Waals surface area contributed by atoms with E-state index in [1.807, 2.05) is 25.1 Å². The molecule has 0 saturated heterocycles. The van der Waals surface area contributed by atoms with Crippen LogP contribution in [0.15, 0.2) is 78.9 Å². The lowest BCUT2D eigenvalue weighted by molar-refractivity contribution is -0.123. The highest BCUT2D eigenvalue weighted by Gasteiger charge is 2.23. The number of ketones is 1. The maximum Gasteiger partial charge on any atom is 0.339 e.